The highest BCUT2D eigenvalue weighted by Crippen LogP contribution is 2.21. The van der Waals surface area contributed by atoms with Gasteiger partial charge in [0, 0.05) is 22.0 Å². The molecule has 0 spiro atoms. The molecule has 0 atom stereocenters. The third kappa shape index (κ3) is 3.34. The number of hydrogen-bond acceptors (Lipinski definition) is 1. The lowest BCUT2D eigenvalue weighted by molar-refractivity contribution is 0.0992. The van der Waals surface area contributed by atoms with Gasteiger partial charge in [-0.15, -0.1) is 0 Å². The second kappa shape index (κ2) is 5.72. The average Bonchev–Trinajstić information content (AvgIpc) is 2.35. The number of benzene rings is 2. The predicted octanol–water partition coefficient (Wildman–Crippen LogP) is 4.87. The smallest absolute Gasteiger partial charge is 0.167 e. The van der Waals surface area contributed by atoms with Gasteiger partial charge < -0.3 is 0 Å². The van der Waals surface area contributed by atoms with Crippen LogP contribution >= 0.6 is 23.2 Å². The van der Waals surface area contributed by atoms with Crippen LogP contribution in [0.15, 0.2) is 36.4 Å². The molecule has 0 aliphatic heterocycles. The molecular weight excluding hydrogens is 286 g/mol. The zero-order valence-electron chi connectivity index (χ0n) is 10.2. The van der Waals surface area contributed by atoms with E-state index in [0.717, 1.165) is 5.56 Å². The van der Waals surface area contributed by atoms with E-state index < -0.39 is 5.82 Å². The van der Waals surface area contributed by atoms with Gasteiger partial charge in [0.05, 0.1) is 0 Å². The van der Waals surface area contributed by atoms with Crippen LogP contribution < -0.4 is 0 Å². The highest BCUT2D eigenvalue weighted by Gasteiger charge is 2.13. The molecular formula is C15H11Cl2FO. The minimum Gasteiger partial charge on any atom is -0.294 e. The zero-order chi connectivity index (χ0) is 14.0. The van der Waals surface area contributed by atoms with Crippen LogP contribution in [-0.4, -0.2) is 5.78 Å². The van der Waals surface area contributed by atoms with Gasteiger partial charge in [-0.1, -0.05) is 35.3 Å². The van der Waals surface area contributed by atoms with Crippen molar-refractivity contribution in [2.45, 2.75) is 13.3 Å². The van der Waals surface area contributed by atoms with Crippen LogP contribution in [0.1, 0.15) is 21.5 Å². The molecule has 98 valence electrons. The Morgan fingerprint density at radius 1 is 1.16 bits per heavy atom. The van der Waals surface area contributed by atoms with Crippen molar-refractivity contribution in [2.24, 2.45) is 0 Å². The SMILES string of the molecule is Cc1ccc(Cl)cc1C(=O)Cc1ccc(F)cc1Cl. The molecule has 0 aliphatic carbocycles. The summed E-state index contributed by atoms with van der Waals surface area (Å²) in [4.78, 5) is 12.2. The minimum absolute atomic E-state index is 0.0893. The number of Topliss-reactive ketones (excluding diaryl/α,β-unsaturated/α-hetero) is 1. The number of hydrogen-bond donors (Lipinski definition) is 0. The van der Waals surface area contributed by atoms with Crippen molar-refractivity contribution in [2.75, 3.05) is 0 Å². The molecule has 2 rings (SSSR count). The number of carbonyl (C=O) groups is 1. The van der Waals surface area contributed by atoms with Gasteiger partial charge >= 0.3 is 0 Å². The lowest BCUT2D eigenvalue weighted by atomic mass is 9.99. The molecule has 0 aromatic heterocycles. The van der Waals surface area contributed by atoms with Gasteiger partial charge in [0.1, 0.15) is 5.82 Å². The fraction of sp³-hybridized carbons (Fsp3) is 0.133. The van der Waals surface area contributed by atoms with E-state index in [9.17, 15) is 9.18 Å². The fourth-order valence-corrected chi connectivity index (χ4v) is 2.23. The molecule has 0 heterocycles. The fourth-order valence-electron chi connectivity index (χ4n) is 1.83. The molecule has 0 fully saturated rings. The van der Waals surface area contributed by atoms with Gasteiger partial charge in [-0.2, -0.15) is 0 Å². The van der Waals surface area contributed by atoms with Gasteiger partial charge in [-0.25, -0.2) is 4.39 Å². The van der Waals surface area contributed by atoms with Crippen molar-refractivity contribution in [3.63, 3.8) is 0 Å². The molecule has 0 N–H and O–H groups in total. The Morgan fingerprint density at radius 2 is 1.89 bits per heavy atom. The van der Waals surface area contributed by atoms with Gasteiger partial charge in [0.2, 0.25) is 0 Å². The molecule has 2 aromatic carbocycles. The molecule has 0 bridgehead atoms. The Bertz CT molecular complexity index is 638. The zero-order valence-corrected chi connectivity index (χ0v) is 11.7. The van der Waals surface area contributed by atoms with Crippen LogP contribution in [0.25, 0.3) is 0 Å². The van der Waals surface area contributed by atoms with E-state index in [2.05, 4.69) is 0 Å². The summed E-state index contributed by atoms with van der Waals surface area (Å²) in [6.45, 7) is 1.84. The van der Waals surface area contributed by atoms with Crippen molar-refractivity contribution in [3.05, 3.63) is 69.0 Å². The van der Waals surface area contributed by atoms with Crippen LogP contribution in [0.4, 0.5) is 4.39 Å². The first-order valence-corrected chi connectivity index (χ1v) is 6.46. The second-order valence-corrected chi connectivity index (χ2v) is 5.14. The third-order valence-corrected chi connectivity index (χ3v) is 3.45. The van der Waals surface area contributed by atoms with E-state index in [4.69, 9.17) is 23.2 Å². The molecule has 4 heteroatoms. The third-order valence-electron chi connectivity index (χ3n) is 2.87. The first-order valence-electron chi connectivity index (χ1n) is 5.70. The number of carbonyl (C=O) groups excluding carboxylic acids is 1. The molecule has 0 radical (unpaired) electrons. The summed E-state index contributed by atoms with van der Waals surface area (Å²) in [5.41, 5.74) is 2.02. The van der Waals surface area contributed by atoms with Crippen LogP contribution in [0.5, 0.6) is 0 Å². The average molecular weight is 297 g/mol. The standard InChI is InChI=1S/C15H11Cl2FO/c1-9-2-4-11(16)7-13(9)15(19)6-10-3-5-12(18)8-14(10)17/h2-5,7-8H,6H2,1H3. The number of aryl methyl sites for hydroxylation is 1. The van der Waals surface area contributed by atoms with Crippen molar-refractivity contribution < 1.29 is 9.18 Å². The summed E-state index contributed by atoms with van der Waals surface area (Å²) in [6, 6.07) is 9.18. The first-order chi connectivity index (χ1) is 8.97. The maximum Gasteiger partial charge on any atom is 0.167 e. The summed E-state index contributed by atoms with van der Waals surface area (Å²) < 4.78 is 12.9. The predicted molar refractivity (Wildman–Crippen MR) is 75.6 cm³/mol. The first kappa shape index (κ1) is 14.0. The summed E-state index contributed by atoms with van der Waals surface area (Å²) in [7, 11) is 0. The normalized spacial score (nSPS) is 10.5. The quantitative estimate of drug-likeness (QED) is 0.739. The second-order valence-electron chi connectivity index (χ2n) is 4.29. The van der Waals surface area contributed by atoms with E-state index in [-0.39, 0.29) is 17.2 Å². The summed E-state index contributed by atoms with van der Waals surface area (Å²) in [6.07, 6.45) is 0.125. The van der Waals surface area contributed by atoms with Crippen molar-refractivity contribution >= 4 is 29.0 Å². The summed E-state index contributed by atoms with van der Waals surface area (Å²) >= 11 is 11.8. The maximum atomic E-state index is 12.9. The largest absolute Gasteiger partial charge is 0.294 e. The van der Waals surface area contributed by atoms with E-state index in [1.165, 1.54) is 18.2 Å². The Balaban J connectivity index is 2.28. The topological polar surface area (TPSA) is 17.1 Å². The number of rotatable bonds is 3. The van der Waals surface area contributed by atoms with E-state index in [1.807, 2.05) is 6.92 Å². The highest BCUT2D eigenvalue weighted by atomic mass is 35.5. The molecule has 0 unspecified atom stereocenters. The van der Waals surface area contributed by atoms with E-state index in [0.29, 0.717) is 16.1 Å². The monoisotopic (exact) mass is 296 g/mol. The van der Waals surface area contributed by atoms with Crippen LogP contribution in [0.3, 0.4) is 0 Å². The van der Waals surface area contributed by atoms with Gasteiger partial charge in [0.25, 0.3) is 0 Å². The van der Waals surface area contributed by atoms with Crippen molar-refractivity contribution in [1.82, 2.24) is 0 Å². The van der Waals surface area contributed by atoms with Gasteiger partial charge in [0.15, 0.2) is 5.78 Å². The van der Waals surface area contributed by atoms with E-state index in [1.54, 1.807) is 18.2 Å². The molecule has 0 saturated heterocycles. The number of ketones is 1. The molecule has 0 aliphatic rings. The van der Waals surface area contributed by atoms with Crippen LogP contribution in [0.2, 0.25) is 10.0 Å². The maximum absolute atomic E-state index is 12.9. The Kier molecular flexibility index (Phi) is 4.23. The summed E-state index contributed by atoms with van der Waals surface area (Å²) in [5, 5.41) is 0.771. The highest BCUT2D eigenvalue weighted by molar-refractivity contribution is 6.32. The Labute approximate surface area is 121 Å². The lowest BCUT2D eigenvalue weighted by Gasteiger charge is -2.07. The Hall–Kier alpha value is -1.38. The molecule has 0 saturated carbocycles. The van der Waals surface area contributed by atoms with Crippen molar-refractivity contribution in [3.8, 4) is 0 Å². The van der Waals surface area contributed by atoms with Crippen molar-refractivity contribution in [1.29, 1.82) is 0 Å². The molecule has 1 nitrogen and oxygen atoms in total. The van der Waals surface area contributed by atoms with Crippen LogP contribution in [-0.2, 0) is 6.42 Å². The lowest BCUT2D eigenvalue weighted by Crippen LogP contribution is -2.06. The van der Waals surface area contributed by atoms with Gasteiger partial charge in [-0.05, 0) is 42.3 Å². The molecule has 2 aromatic rings. The van der Waals surface area contributed by atoms with Gasteiger partial charge in [-0.3, -0.25) is 4.79 Å². The summed E-state index contributed by atoms with van der Waals surface area (Å²) in [5.74, 6) is -0.506. The van der Waals surface area contributed by atoms with E-state index >= 15 is 0 Å². The Morgan fingerprint density at radius 3 is 2.58 bits per heavy atom. The molecule has 0 amide bonds. The van der Waals surface area contributed by atoms with Crippen LogP contribution in [0, 0.1) is 12.7 Å². The number of halogens is 3. The minimum atomic E-state index is -0.417. The molecule has 19 heavy (non-hydrogen) atoms.